The number of carbonyl (C=O) groups is 2. The maximum Gasteiger partial charge on any atom is 0.405 e. The van der Waals surface area contributed by atoms with Gasteiger partial charge in [-0.3, -0.25) is 9.59 Å². The highest BCUT2D eigenvalue weighted by Crippen LogP contribution is 2.51. The Hall–Kier alpha value is -3.07. The molecule has 0 radical (unpaired) electrons. The first-order chi connectivity index (χ1) is 20.5. The molecule has 1 aliphatic heterocycles. The summed E-state index contributed by atoms with van der Waals surface area (Å²) in [5, 5.41) is 5.92. The van der Waals surface area contributed by atoms with Crippen LogP contribution in [-0.4, -0.2) is 55.1 Å². The number of rotatable bonds is 9. The lowest BCUT2D eigenvalue weighted by molar-refractivity contribution is -0.141. The van der Waals surface area contributed by atoms with Crippen LogP contribution in [0.15, 0.2) is 60.7 Å². The van der Waals surface area contributed by atoms with E-state index in [4.69, 9.17) is 23.2 Å². The fraction of sp³-hybridized carbons (Fsp3) is 0.394. The highest BCUT2D eigenvalue weighted by molar-refractivity contribution is 6.39. The number of benzene rings is 3. The Bertz CT molecular complexity index is 1430. The van der Waals surface area contributed by atoms with Crippen molar-refractivity contribution in [3.8, 4) is 11.1 Å². The number of alkyl halides is 3. The summed E-state index contributed by atoms with van der Waals surface area (Å²) in [4.78, 5) is 28.8. The van der Waals surface area contributed by atoms with Crippen molar-refractivity contribution in [3.63, 3.8) is 0 Å². The Balaban J connectivity index is 1.20. The third kappa shape index (κ3) is 6.71. The quantitative estimate of drug-likeness (QED) is 0.243. The number of halogens is 5. The zero-order chi connectivity index (χ0) is 30.8. The topological polar surface area (TPSA) is 61.4 Å². The molecule has 2 aliphatic rings. The van der Waals surface area contributed by atoms with Crippen LogP contribution in [0.2, 0.25) is 10.0 Å². The Kier molecular flexibility index (Phi) is 9.40. The van der Waals surface area contributed by atoms with Crippen molar-refractivity contribution in [2.75, 3.05) is 26.2 Å². The molecule has 2 amide bonds. The molecule has 0 atom stereocenters. The van der Waals surface area contributed by atoms with Gasteiger partial charge in [-0.05, 0) is 79.1 Å². The average Bonchev–Trinajstić information content (AvgIpc) is 3.25. The van der Waals surface area contributed by atoms with Crippen molar-refractivity contribution >= 4 is 35.0 Å². The van der Waals surface area contributed by atoms with Gasteiger partial charge in [0.1, 0.15) is 12.0 Å². The van der Waals surface area contributed by atoms with Gasteiger partial charge in [-0.2, -0.15) is 13.2 Å². The summed E-state index contributed by atoms with van der Waals surface area (Å²) < 4.78 is 39.3. The molecule has 0 unspecified atom stereocenters. The number of piperidine rings is 1. The lowest BCUT2D eigenvalue weighted by Gasteiger charge is -2.33. The first kappa shape index (κ1) is 31.4. The molecule has 1 saturated heterocycles. The minimum atomic E-state index is -4.50. The summed E-state index contributed by atoms with van der Waals surface area (Å²) in [7, 11) is 0. The molecule has 0 saturated carbocycles. The van der Waals surface area contributed by atoms with E-state index in [2.05, 4.69) is 15.5 Å². The third-order valence-electron chi connectivity index (χ3n) is 8.51. The van der Waals surface area contributed by atoms with E-state index >= 15 is 0 Å². The van der Waals surface area contributed by atoms with E-state index < -0.39 is 24.0 Å². The summed E-state index contributed by atoms with van der Waals surface area (Å²) in [5.74, 6) is -0.896. The summed E-state index contributed by atoms with van der Waals surface area (Å²) >= 11 is 12.6. The van der Waals surface area contributed by atoms with E-state index in [-0.39, 0.29) is 11.9 Å². The van der Waals surface area contributed by atoms with Crippen LogP contribution < -0.4 is 10.6 Å². The predicted octanol–water partition coefficient (Wildman–Crippen LogP) is 7.31. The van der Waals surface area contributed by atoms with Gasteiger partial charge in [-0.1, -0.05) is 78.2 Å². The fourth-order valence-electron chi connectivity index (χ4n) is 6.49. The van der Waals surface area contributed by atoms with E-state index in [0.29, 0.717) is 28.5 Å². The number of unbranched alkanes of at least 4 members (excludes halogenated alkanes) is 1. The van der Waals surface area contributed by atoms with Crippen LogP contribution >= 0.6 is 23.2 Å². The number of fused-ring (bicyclic) bond motifs is 3. The molecule has 0 aromatic heterocycles. The summed E-state index contributed by atoms with van der Waals surface area (Å²) in [6.45, 7) is 2.88. The molecule has 3 aromatic rings. The Morgan fingerprint density at radius 1 is 0.930 bits per heavy atom. The monoisotopic (exact) mass is 631 g/mol. The van der Waals surface area contributed by atoms with Crippen LogP contribution in [0.25, 0.3) is 11.1 Å². The van der Waals surface area contributed by atoms with Gasteiger partial charge in [-0.15, -0.1) is 0 Å². The van der Waals surface area contributed by atoms with Gasteiger partial charge in [0, 0.05) is 19.1 Å². The van der Waals surface area contributed by atoms with Crippen molar-refractivity contribution in [1.29, 1.82) is 0 Å². The lowest BCUT2D eigenvalue weighted by Crippen LogP contribution is -2.47. The van der Waals surface area contributed by atoms with E-state index in [9.17, 15) is 22.8 Å². The van der Waals surface area contributed by atoms with Gasteiger partial charge < -0.3 is 15.5 Å². The molecular formula is C33H34Cl2F3N3O2. The van der Waals surface area contributed by atoms with Gasteiger partial charge in [0.25, 0.3) is 5.91 Å². The molecule has 3 aromatic carbocycles. The molecule has 228 valence electrons. The Labute approximate surface area is 259 Å². The van der Waals surface area contributed by atoms with Crippen molar-refractivity contribution in [1.82, 2.24) is 15.5 Å². The van der Waals surface area contributed by atoms with Crippen LogP contribution in [-0.2, 0) is 10.2 Å². The maximum atomic E-state index is 13.6. The van der Waals surface area contributed by atoms with Gasteiger partial charge in [0.05, 0.1) is 15.6 Å². The number of amides is 2. The molecule has 0 spiro atoms. The van der Waals surface area contributed by atoms with Crippen LogP contribution in [0.5, 0.6) is 0 Å². The molecule has 10 heteroatoms. The van der Waals surface area contributed by atoms with Crippen LogP contribution in [0.4, 0.5) is 13.2 Å². The van der Waals surface area contributed by atoms with Crippen LogP contribution in [0.1, 0.15) is 59.2 Å². The van der Waals surface area contributed by atoms with Gasteiger partial charge in [0.15, 0.2) is 0 Å². The number of hydrogen-bond donors (Lipinski definition) is 2. The molecular weight excluding hydrogens is 598 g/mol. The fourth-order valence-corrected chi connectivity index (χ4v) is 7.25. The predicted molar refractivity (Wildman–Crippen MR) is 164 cm³/mol. The maximum absolute atomic E-state index is 13.6. The molecule has 1 heterocycles. The Morgan fingerprint density at radius 2 is 1.49 bits per heavy atom. The number of carbonyl (C=O) groups excluding carboxylic acids is 2. The number of likely N-dealkylation sites (tertiary alicyclic amines) is 1. The van der Waals surface area contributed by atoms with Crippen molar-refractivity contribution in [2.45, 2.75) is 56.7 Å². The summed E-state index contributed by atoms with van der Waals surface area (Å²) in [6.07, 6.45) is -1.11. The van der Waals surface area contributed by atoms with Gasteiger partial charge in [0.2, 0.25) is 5.91 Å². The van der Waals surface area contributed by atoms with Crippen LogP contribution in [0.3, 0.4) is 0 Å². The molecule has 5 nitrogen and oxygen atoms in total. The van der Waals surface area contributed by atoms with Gasteiger partial charge >= 0.3 is 6.18 Å². The number of aryl methyl sites for hydroxylation is 1. The highest BCUT2D eigenvalue weighted by atomic mass is 35.5. The largest absolute Gasteiger partial charge is 0.405 e. The van der Waals surface area contributed by atoms with Crippen molar-refractivity contribution in [2.24, 2.45) is 0 Å². The first-order valence-corrected chi connectivity index (χ1v) is 15.3. The van der Waals surface area contributed by atoms with Crippen LogP contribution in [0, 0.1) is 6.92 Å². The standard InChI is InChI=1S/C33H34Cl2F3N3O2/c1-21-18-27(34)29(28(35)19-21)30(42)40-22-12-16-41(17-13-22)15-7-6-14-32(31(43)39-20-33(36,37)38)25-10-4-2-8-23(25)24-9-3-5-11-26(24)32/h2-5,8-11,18-19,22H,6-7,12-17,20H2,1H3,(H,39,43)(H,40,42). The summed E-state index contributed by atoms with van der Waals surface area (Å²) in [6, 6.07) is 18.5. The minimum absolute atomic E-state index is 0.00396. The van der Waals surface area contributed by atoms with E-state index in [0.717, 1.165) is 66.7 Å². The second-order valence-corrected chi connectivity index (χ2v) is 12.3. The van der Waals surface area contributed by atoms with E-state index in [1.807, 2.05) is 55.5 Å². The van der Waals surface area contributed by atoms with Crippen molar-refractivity contribution < 1.29 is 22.8 Å². The van der Waals surface area contributed by atoms with E-state index in [1.54, 1.807) is 12.1 Å². The SMILES string of the molecule is Cc1cc(Cl)c(C(=O)NC2CCN(CCCCC3(C(=O)NCC(F)(F)F)c4ccccc4-c4ccccc43)CC2)c(Cl)c1. The second kappa shape index (κ2) is 12.9. The van der Waals surface area contributed by atoms with Gasteiger partial charge in [-0.25, -0.2) is 0 Å². The Morgan fingerprint density at radius 3 is 2.05 bits per heavy atom. The first-order valence-electron chi connectivity index (χ1n) is 14.5. The molecule has 1 aliphatic carbocycles. The number of nitrogens with zero attached hydrogens (tertiary/aromatic N) is 1. The summed E-state index contributed by atoms with van der Waals surface area (Å²) in [5.41, 5.74) is 3.26. The average molecular weight is 633 g/mol. The minimum Gasteiger partial charge on any atom is -0.349 e. The number of hydrogen-bond acceptors (Lipinski definition) is 3. The number of nitrogens with one attached hydrogen (secondary N) is 2. The second-order valence-electron chi connectivity index (χ2n) is 11.4. The zero-order valence-corrected chi connectivity index (χ0v) is 25.4. The zero-order valence-electron chi connectivity index (χ0n) is 23.9. The lowest BCUT2D eigenvalue weighted by atomic mass is 9.73. The molecule has 2 N–H and O–H groups in total. The smallest absolute Gasteiger partial charge is 0.349 e. The molecule has 5 rings (SSSR count). The molecule has 1 fully saturated rings. The third-order valence-corrected chi connectivity index (χ3v) is 9.11. The molecule has 43 heavy (non-hydrogen) atoms. The highest BCUT2D eigenvalue weighted by Gasteiger charge is 2.49. The normalized spacial score (nSPS) is 16.4. The molecule has 0 bridgehead atoms. The van der Waals surface area contributed by atoms with E-state index in [1.165, 1.54) is 0 Å². The van der Waals surface area contributed by atoms with Crippen molar-refractivity contribution in [3.05, 3.63) is 93.0 Å².